The van der Waals surface area contributed by atoms with Crippen molar-refractivity contribution in [1.82, 2.24) is 29.5 Å². The number of imidazole rings is 1. The quantitative estimate of drug-likeness (QED) is 0.651. The zero-order valence-electron chi connectivity index (χ0n) is 12.1. The van der Waals surface area contributed by atoms with Crippen molar-refractivity contribution in [2.45, 2.75) is 32.7 Å². The SMILES string of the molecule is CCCc1nn(C)c2c1nc(CCCl)n2Cc1ncon1. The second-order valence-electron chi connectivity index (χ2n) is 4.89. The third kappa shape index (κ3) is 2.53. The summed E-state index contributed by atoms with van der Waals surface area (Å²) in [6.07, 6.45) is 3.97. The van der Waals surface area contributed by atoms with E-state index in [9.17, 15) is 0 Å². The number of alkyl halides is 1. The third-order valence-electron chi connectivity index (χ3n) is 3.38. The van der Waals surface area contributed by atoms with Crippen LogP contribution in [0.4, 0.5) is 0 Å². The lowest BCUT2D eigenvalue weighted by molar-refractivity contribution is 0.408. The minimum atomic E-state index is 0.504. The van der Waals surface area contributed by atoms with Crippen LogP contribution in [-0.2, 0) is 26.4 Å². The van der Waals surface area contributed by atoms with E-state index in [1.165, 1.54) is 6.39 Å². The van der Waals surface area contributed by atoms with Gasteiger partial charge in [-0.05, 0) is 6.42 Å². The van der Waals surface area contributed by atoms with Crippen molar-refractivity contribution in [3.8, 4) is 0 Å². The molecule has 7 nitrogen and oxygen atoms in total. The highest BCUT2D eigenvalue weighted by Crippen LogP contribution is 2.22. The Kier molecular flexibility index (Phi) is 3.92. The van der Waals surface area contributed by atoms with Gasteiger partial charge in [0.25, 0.3) is 0 Å². The summed E-state index contributed by atoms with van der Waals surface area (Å²) in [5.41, 5.74) is 2.95. The Labute approximate surface area is 126 Å². The largest absolute Gasteiger partial charge is 0.343 e. The molecular formula is C13H17ClN6O. The van der Waals surface area contributed by atoms with Crippen molar-refractivity contribution in [2.75, 3.05) is 5.88 Å². The highest BCUT2D eigenvalue weighted by atomic mass is 35.5. The van der Waals surface area contributed by atoms with Crippen LogP contribution >= 0.6 is 11.6 Å². The maximum atomic E-state index is 5.90. The minimum Gasteiger partial charge on any atom is -0.343 e. The first kappa shape index (κ1) is 14.1. The molecule has 0 bridgehead atoms. The second-order valence-corrected chi connectivity index (χ2v) is 5.27. The normalized spacial score (nSPS) is 11.6. The summed E-state index contributed by atoms with van der Waals surface area (Å²) in [5, 5.41) is 8.44. The molecule has 21 heavy (non-hydrogen) atoms. The fourth-order valence-corrected chi connectivity index (χ4v) is 2.71. The zero-order valence-corrected chi connectivity index (χ0v) is 12.8. The van der Waals surface area contributed by atoms with E-state index in [2.05, 4.69) is 26.7 Å². The molecule has 0 aliphatic carbocycles. The van der Waals surface area contributed by atoms with Gasteiger partial charge in [-0.2, -0.15) is 10.1 Å². The number of aromatic nitrogens is 6. The first-order valence-electron chi connectivity index (χ1n) is 6.96. The number of hydrogen-bond acceptors (Lipinski definition) is 5. The number of nitrogens with zero attached hydrogens (tertiary/aromatic N) is 6. The smallest absolute Gasteiger partial charge is 0.213 e. The molecule has 0 aliphatic heterocycles. The average molecular weight is 309 g/mol. The summed E-state index contributed by atoms with van der Waals surface area (Å²) in [7, 11) is 1.93. The number of hydrogen-bond donors (Lipinski definition) is 0. The van der Waals surface area contributed by atoms with Crippen LogP contribution in [0, 0.1) is 0 Å². The lowest BCUT2D eigenvalue weighted by Crippen LogP contribution is -2.10. The Bertz CT molecular complexity index is 730. The molecule has 0 atom stereocenters. The molecule has 0 aliphatic rings. The topological polar surface area (TPSA) is 74.6 Å². The van der Waals surface area contributed by atoms with E-state index in [4.69, 9.17) is 21.1 Å². The monoisotopic (exact) mass is 308 g/mol. The fourth-order valence-electron chi connectivity index (χ4n) is 2.54. The minimum absolute atomic E-state index is 0.504. The van der Waals surface area contributed by atoms with Crippen LogP contribution in [0.1, 0.15) is 30.7 Å². The van der Waals surface area contributed by atoms with Crippen molar-refractivity contribution >= 4 is 22.8 Å². The van der Waals surface area contributed by atoms with E-state index in [0.29, 0.717) is 24.7 Å². The predicted octanol–water partition coefficient (Wildman–Crippen LogP) is 1.93. The molecule has 0 fully saturated rings. The summed E-state index contributed by atoms with van der Waals surface area (Å²) in [6, 6.07) is 0. The maximum absolute atomic E-state index is 5.90. The van der Waals surface area contributed by atoms with Crippen LogP contribution in [0.15, 0.2) is 10.9 Å². The van der Waals surface area contributed by atoms with Crippen LogP contribution in [0.2, 0.25) is 0 Å². The summed E-state index contributed by atoms with van der Waals surface area (Å²) in [5.74, 6) is 2.06. The molecular weight excluding hydrogens is 292 g/mol. The fraction of sp³-hybridized carbons (Fsp3) is 0.538. The number of rotatable bonds is 6. The zero-order chi connectivity index (χ0) is 14.8. The van der Waals surface area contributed by atoms with Gasteiger partial charge >= 0.3 is 0 Å². The van der Waals surface area contributed by atoms with Crippen LogP contribution in [0.25, 0.3) is 11.2 Å². The van der Waals surface area contributed by atoms with Gasteiger partial charge in [-0.25, -0.2) is 4.98 Å². The van der Waals surface area contributed by atoms with Crippen molar-refractivity contribution in [2.24, 2.45) is 7.05 Å². The Balaban J connectivity index is 2.12. The van der Waals surface area contributed by atoms with E-state index in [0.717, 1.165) is 35.5 Å². The summed E-state index contributed by atoms with van der Waals surface area (Å²) < 4.78 is 8.74. The van der Waals surface area contributed by atoms with Crippen LogP contribution < -0.4 is 0 Å². The van der Waals surface area contributed by atoms with Gasteiger partial charge in [0.2, 0.25) is 6.39 Å². The highest BCUT2D eigenvalue weighted by molar-refractivity contribution is 6.17. The molecule has 0 saturated heterocycles. The Hall–Kier alpha value is -1.89. The van der Waals surface area contributed by atoms with E-state index in [-0.39, 0.29) is 0 Å². The standard InChI is InChI=1S/C13H17ClN6O/c1-3-4-9-12-13(19(2)17-9)20(11(16-12)5-6-14)7-10-15-8-21-18-10/h8H,3-7H2,1-2H3. The predicted molar refractivity (Wildman–Crippen MR) is 78.3 cm³/mol. The van der Waals surface area contributed by atoms with E-state index in [1.54, 1.807) is 0 Å². The first-order chi connectivity index (χ1) is 10.2. The Morgan fingerprint density at radius 3 is 2.86 bits per heavy atom. The van der Waals surface area contributed by atoms with Gasteiger partial charge in [-0.3, -0.25) is 4.68 Å². The molecule has 0 unspecified atom stereocenters. The molecule has 3 aromatic heterocycles. The Morgan fingerprint density at radius 1 is 1.33 bits per heavy atom. The summed E-state index contributed by atoms with van der Waals surface area (Å²) >= 11 is 5.90. The summed E-state index contributed by atoms with van der Waals surface area (Å²) in [4.78, 5) is 8.81. The summed E-state index contributed by atoms with van der Waals surface area (Å²) in [6.45, 7) is 2.64. The first-order valence-corrected chi connectivity index (χ1v) is 7.50. The number of aryl methyl sites for hydroxylation is 3. The van der Waals surface area contributed by atoms with Gasteiger partial charge < -0.3 is 9.09 Å². The molecule has 3 aromatic rings. The molecule has 0 spiro atoms. The van der Waals surface area contributed by atoms with Gasteiger partial charge in [0, 0.05) is 19.3 Å². The number of fused-ring (bicyclic) bond motifs is 1. The third-order valence-corrected chi connectivity index (χ3v) is 3.57. The molecule has 112 valence electrons. The van der Waals surface area contributed by atoms with Gasteiger partial charge in [-0.1, -0.05) is 18.5 Å². The van der Waals surface area contributed by atoms with Gasteiger partial charge in [0.15, 0.2) is 11.5 Å². The van der Waals surface area contributed by atoms with Crippen molar-refractivity contribution in [1.29, 1.82) is 0 Å². The lowest BCUT2D eigenvalue weighted by Gasteiger charge is -2.06. The molecule has 3 rings (SSSR count). The molecule has 0 saturated carbocycles. The van der Waals surface area contributed by atoms with Crippen LogP contribution in [0.5, 0.6) is 0 Å². The molecule has 0 radical (unpaired) electrons. The van der Waals surface area contributed by atoms with E-state index in [1.807, 2.05) is 11.7 Å². The van der Waals surface area contributed by atoms with Crippen LogP contribution in [0.3, 0.4) is 0 Å². The van der Waals surface area contributed by atoms with Gasteiger partial charge in [0.1, 0.15) is 11.3 Å². The highest BCUT2D eigenvalue weighted by Gasteiger charge is 2.19. The van der Waals surface area contributed by atoms with Crippen LogP contribution in [-0.4, -0.2) is 35.4 Å². The lowest BCUT2D eigenvalue weighted by atomic mass is 10.2. The van der Waals surface area contributed by atoms with E-state index < -0.39 is 0 Å². The molecule has 0 aromatic carbocycles. The van der Waals surface area contributed by atoms with Crippen molar-refractivity contribution in [3.05, 3.63) is 23.7 Å². The van der Waals surface area contributed by atoms with Gasteiger partial charge in [0.05, 0.1) is 12.2 Å². The molecule has 3 heterocycles. The maximum Gasteiger partial charge on any atom is 0.213 e. The molecule has 0 N–H and O–H groups in total. The molecule has 0 amide bonds. The van der Waals surface area contributed by atoms with E-state index >= 15 is 0 Å². The Morgan fingerprint density at radius 2 is 2.19 bits per heavy atom. The average Bonchev–Trinajstić information content (AvgIpc) is 3.13. The second kappa shape index (κ2) is 5.85. The van der Waals surface area contributed by atoms with Crippen molar-refractivity contribution in [3.63, 3.8) is 0 Å². The number of halogens is 1. The molecule has 8 heteroatoms. The van der Waals surface area contributed by atoms with Gasteiger partial charge in [-0.15, -0.1) is 11.6 Å². The van der Waals surface area contributed by atoms with Crippen molar-refractivity contribution < 1.29 is 4.52 Å².